The lowest BCUT2D eigenvalue weighted by atomic mass is 10.2. The molecule has 1 heterocycles. The molecule has 0 saturated heterocycles. The minimum absolute atomic E-state index is 0.0850. The smallest absolute Gasteiger partial charge is 0.328 e. The molecule has 9 nitrogen and oxygen atoms in total. The van der Waals surface area contributed by atoms with Gasteiger partial charge in [0.2, 0.25) is 0 Å². The summed E-state index contributed by atoms with van der Waals surface area (Å²) in [6.45, 7) is 1.73. The van der Waals surface area contributed by atoms with E-state index in [-0.39, 0.29) is 5.69 Å². The fourth-order valence-corrected chi connectivity index (χ4v) is 2.59. The van der Waals surface area contributed by atoms with Crippen molar-refractivity contribution in [2.75, 3.05) is 0 Å². The zero-order chi connectivity index (χ0) is 21.1. The van der Waals surface area contributed by atoms with Crippen molar-refractivity contribution in [3.63, 3.8) is 0 Å². The highest BCUT2D eigenvalue weighted by atomic mass is 32.2. The quantitative estimate of drug-likeness (QED) is 0.358. The number of nitrogens with two attached hydrogens (primary N) is 1. The Morgan fingerprint density at radius 1 is 1.32 bits per heavy atom. The minimum atomic E-state index is -1.11. The first-order chi connectivity index (χ1) is 13.2. The van der Waals surface area contributed by atoms with Gasteiger partial charge in [0.15, 0.2) is 0 Å². The van der Waals surface area contributed by atoms with E-state index < -0.39 is 22.9 Å². The number of aromatic nitrogens is 1. The van der Waals surface area contributed by atoms with E-state index >= 15 is 0 Å². The predicted octanol–water partition coefficient (Wildman–Crippen LogP) is 3.05. The van der Waals surface area contributed by atoms with Crippen molar-refractivity contribution in [3.8, 4) is 0 Å². The van der Waals surface area contributed by atoms with Gasteiger partial charge in [0, 0.05) is 18.3 Å². The van der Waals surface area contributed by atoms with E-state index in [1.54, 1.807) is 43.5 Å². The summed E-state index contributed by atoms with van der Waals surface area (Å²) >= 11 is 1.18. The molecule has 1 unspecified atom stereocenters. The van der Waals surface area contributed by atoms with Gasteiger partial charge in [-0.15, -0.1) is 0 Å². The second kappa shape index (κ2) is 11.5. The van der Waals surface area contributed by atoms with Crippen LogP contribution < -0.4 is 5.73 Å². The van der Waals surface area contributed by atoms with Crippen molar-refractivity contribution in [3.05, 3.63) is 64.3 Å². The fourth-order valence-electron chi connectivity index (χ4n) is 1.73. The number of carbonyl (C=O) groups is 2. The predicted molar refractivity (Wildman–Crippen MR) is 104 cm³/mol. The van der Waals surface area contributed by atoms with Gasteiger partial charge in [-0.1, -0.05) is 30.8 Å². The van der Waals surface area contributed by atoms with Crippen LogP contribution in [0.1, 0.15) is 18.9 Å². The minimum Gasteiger partial charge on any atom is -0.480 e. The molecule has 0 saturated carbocycles. The summed E-state index contributed by atoms with van der Waals surface area (Å²) in [6.07, 6.45) is 4.35. The molecule has 0 fully saturated rings. The Bertz CT molecular complexity index is 858. The van der Waals surface area contributed by atoms with Crippen LogP contribution in [0.25, 0.3) is 6.08 Å². The molecule has 28 heavy (non-hydrogen) atoms. The zero-order valence-corrected chi connectivity index (χ0v) is 15.7. The van der Waals surface area contributed by atoms with E-state index in [4.69, 9.17) is 15.9 Å². The number of benzene rings is 1. The van der Waals surface area contributed by atoms with Crippen molar-refractivity contribution in [1.82, 2.24) is 4.98 Å². The Morgan fingerprint density at radius 2 is 2.04 bits per heavy atom. The number of rotatable bonds is 7. The molecule has 4 N–H and O–H groups in total. The van der Waals surface area contributed by atoms with Crippen LogP contribution in [-0.2, 0) is 9.59 Å². The van der Waals surface area contributed by atoms with Crippen molar-refractivity contribution in [2.45, 2.75) is 29.3 Å². The maximum Gasteiger partial charge on any atom is 0.328 e. The molecule has 0 aliphatic heterocycles. The molecule has 1 aromatic heterocycles. The van der Waals surface area contributed by atoms with Gasteiger partial charge in [-0.2, -0.15) is 0 Å². The highest BCUT2D eigenvalue weighted by Gasteiger charge is 2.15. The molecule has 0 aliphatic rings. The summed E-state index contributed by atoms with van der Waals surface area (Å²) in [5.74, 6) is -2.04. The Morgan fingerprint density at radius 3 is 2.50 bits per heavy atom. The van der Waals surface area contributed by atoms with Gasteiger partial charge < -0.3 is 15.9 Å². The number of nitro benzene ring substituents is 1. The number of hydrogen-bond donors (Lipinski definition) is 3. The van der Waals surface area contributed by atoms with Gasteiger partial charge in [0.05, 0.1) is 9.82 Å². The Kier molecular flexibility index (Phi) is 9.34. The van der Waals surface area contributed by atoms with E-state index in [9.17, 15) is 19.7 Å². The highest BCUT2D eigenvalue weighted by Crippen LogP contribution is 2.34. The van der Waals surface area contributed by atoms with Gasteiger partial charge in [-0.25, -0.2) is 9.78 Å². The standard InChI is InChI=1S/C14H10N2O4S.C4H9NO2/c17-14(18)7-5-10-4-6-12(11(9-10)16(19)20)21-13-3-1-2-8-15-13;1-2-3(5)4(6)7/h1-9H,(H,17,18);3H,2,5H2,1H3,(H,6,7). The summed E-state index contributed by atoms with van der Waals surface area (Å²) in [6, 6.07) is 9.18. The molecular formula is C18H19N3O6S. The van der Waals surface area contributed by atoms with Crippen LogP contribution >= 0.6 is 11.8 Å². The van der Waals surface area contributed by atoms with Crippen LogP contribution in [0.5, 0.6) is 0 Å². The second-order valence-electron chi connectivity index (χ2n) is 5.28. The van der Waals surface area contributed by atoms with Crippen LogP contribution in [0.3, 0.4) is 0 Å². The van der Waals surface area contributed by atoms with Crippen LogP contribution in [0.2, 0.25) is 0 Å². The summed E-state index contributed by atoms with van der Waals surface area (Å²) < 4.78 is 0. The first-order valence-corrected chi connectivity index (χ1v) is 8.83. The van der Waals surface area contributed by atoms with Crippen LogP contribution in [-0.4, -0.2) is 38.1 Å². The number of aliphatic carboxylic acids is 2. The Hall–Kier alpha value is -3.24. The zero-order valence-electron chi connectivity index (χ0n) is 14.9. The average Bonchev–Trinajstić information content (AvgIpc) is 2.67. The van der Waals surface area contributed by atoms with Gasteiger partial charge in [0.25, 0.3) is 5.69 Å². The van der Waals surface area contributed by atoms with Gasteiger partial charge in [-0.05, 0) is 36.3 Å². The van der Waals surface area contributed by atoms with E-state index in [0.717, 1.165) is 6.08 Å². The van der Waals surface area contributed by atoms with Crippen LogP contribution in [0.4, 0.5) is 5.69 Å². The highest BCUT2D eigenvalue weighted by molar-refractivity contribution is 7.99. The molecule has 0 bridgehead atoms. The maximum atomic E-state index is 11.1. The largest absolute Gasteiger partial charge is 0.480 e. The molecule has 2 aromatic rings. The lowest BCUT2D eigenvalue weighted by molar-refractivity contribution is -0.387. The molecule has 10 heteroatoms. The molecule has 0 aliphatic carbocycles. The van der Waals surface area contributed by atoms with Crippen molar-refractivity contribution >= 4 is 35.5 Å². The molecule has 148 valence electrons. The molecule has 2 rings (SSSR count). The van der Waals surface area contributed by atoms with Crippen LogP contribution in [0.15, 0.2) is 58.6 Å². The molecule has 0 spiro atoms. The molecule has 1 aromatic carbocycles. The van der Waals surface area contributed by atoms with E-state index in [1.165, 1.54) is 23.9 Å². The van der Waals surface area contributed by atoms with Crippen molar-refractivity contribution in [2.24, 2.45) is 5.73 Å². The van der Waals surface area contributed by atoms with E-state index in [1.807, 2.05) is 0 Å². The number of hydrogen-bond acceptors (Lipinski definition) is 7. The SMILES string of the molecule is CCC(N)C(=O)O.O=C(O)C=Cc1ccc(Sc2ccccn2)c([N+](=O)[O-])c1. The number of carboxylic acids is 2. The number of nitro groups is 1. The molecule has 0 radical (unpaired) electrons. The second-order valence-corrected chi connectivity index (χ2v) is 6.34. The summed E-state index contributed by atoms with van der Waals surface area (Å²) in [7, 11) is 0. The van der Waals surface area contributed by atoms with E-state index in [0.29, 0.717) is 21.9 Å². The summed E-state index contributed by atoms with van der Waals surface area (Å²) in [5.41, 5.74) is 5.38. The van der Waals surface area contributed by atoms with Gasteiger partial charge >= 0.3 is 11.9 Å². The lowest BCUT2D eigenvalue weighted by Gasteiger charge is -2.03. The number of pyridine rings is 1. The third kappa shape index (κ3) is 7.98. The van der Waals surface area contributed by atoms with Crippen molar-refractivity contribution in [1.29, 1.82) is 0 Å². The Balaban J connectivity index is 0.000000480. The molecule has 0 amide bonds. The summed E-state index contributed by atoms with van der Waals surface area (Å²) in [4.78, 5) is 35.5. The normalized spacial score (nSPS) is 11.4. The average molecular weight is 405 g/mol. The topological polar surface area (TPSA) is 157 Å². The van der Waals surface area contributed by atoms with E-state index in [2.05, 4.69) is 4.98 Å². The first kappa shape index (κ1) is 22.8. The fraction of sp³-hybridized carbons (Fsp3) is 0.167. The van der Waals surface area contributed by atoms with Gasteiger partial charge in [0.1, 0.15) is 11.1 Å². The monoisotopic (exact) mass is 405 g/mol. The number of nitrogens with zero attached hydrogens (tertiary/aromatic N) is 2. The molecular weight excluding hydrogens is 386 g/mol. The molecule has 1 atom stereocenters. The third-order valence-corrected chi connectivity index (χ3v) is 4.22. The third-order valence-electron chi connectivity index (χ3n) is 3.21. The maximum absolute atomic E-state index is 11.1. The summed E-state index contributed by atoms with van der Waals surface area (Å²) in [5, 5.41) is 28.4. The lowest BCUT2D eigenvalue weighted by Crippen LogP contribution is -2.28. The van der Waals surface area contributed by atoms with Crippen molar-refractivity contribution < 1.29 is 24.7 Å². The van der Waals surface area contributed by atoms with Gasteiger partial charge in [-0.3, -0.25) is 14.9 Å². The number of carboxylic acid groups (broad SMARTS) is 2. The first-order valence-electron chi connectivity index (χ1n) is 8.01. The Labute approximate surface area is 165 Å². The van der Waals surface area contributed by atoms with Crippen LogP contribution in [0, 0.1) is 10.1 Å².